The number of β-amino-alcohol motifs (C(OH)–C–C–N with tert-alkyl or cyclic N) is 1. The first kappa shape index (κ1) is 16.4. The first-order valence-corrected chi connectivity index (χ1v) is 8.53. The summed E-state index contributed by atoms with van der Waals surface area (Å²) < 4.78 is 0. The largest absolute Gasteiger partial charge is 0.383 e. The second-order valence-electron chi connectivity index (χ2n) is 6.86. The number of nitrogens with zero attached hydrogens (tertiary/aromatic N) is 3. The fraction of sp³-hybridized carbons (Fsp3) is 0.611. The van der Waals surface area contributed by atoms with Gasteiger partial charge in [-0.3, -0.25) is 4.79 Å². The quantitative estimate of drug-likeness (QED) is 0.890. The van der Waals surface area contributed by atoms with Crippen molar-refractivity contribution >= 4 is 5.91 Å². The van der Waals surface area contributed by atoms with Crippen LogP contribution in [0.15, 0.2) is 30.3 Å². The SMILES string of the molecule is CN1CCN(CCC(=O)N2CC[C@@](O)(c3ccccc3)C2)CC1. The maximum atomic E-state index is 12.4. The van der Waals surface area contributed by atoms with Crippen LogP contribution in [0.25, 0.3) is 0 Å². The number of benzene rings is 1. The van der Waals surface area contributed by atoms with Crippen LogP contribution in [0, 0.1) is 0 Å². The molecule has 0 aliphatic carbocycles. The lowest BCUT2D eigenvalue weighted by molar-refractivity contribution is -0.131. The van der Waals surface area contributed by atoms with E-state index in [1.54, 1.807) is 0 Å². The van der Waals surface area contributed by atoms with Crippen LogP contribution in [-0.2, 0) is 10.4 Å². The molecule has 5 heteroatoms. The molecular weight excluding hydrogens is 290 g/mol. The predicted molar refractivity (Wildman–Crippen MR) is 90.1 cm³/mol. The Balaban J connectivity index is 1.50. The summed E-state index contributed by atoms with van der Waals surface area (Å²) in [6, 6.07) is 9.70. The highest BCUT2D eigenvalue weighted by atomic mass is 16.3. The summed E-state index contributed by atoms with van der Waals surface area (Å²) in [6.07, 6.45) is 1.17. The molecule has 0 bridgehead atoms. The van der Waals surface area contributed by atoms with E-state index in [0.717, 1.165) is 38.3 Å². The van der Waals surface area contributed by atoms with Crippen molar-refractivity contribution in [2.24, 2.45) is 0 Å². The second-order valence-corrected chi connectivity index (χ2v) is 6.86. The van der Waals surface area contributed by atoms with Gasteiger partial charge < -0.3 is 19.8 Å². The summed E-state index contributed by atoms with van der Waals surface area (Å²) in [4.78, 5) is 18.9. The summed E-state index contributed by atoms with van der Waals surface area (Å²) >= 11 is 0. The third-order valence-corrected chi connectivity index (χ3v) is 5.15. The normalized spacial score (nSPS) is 26.6. The number of carbonyl (C=O) groups excluding carboxylic acids is 1. The molecule has 2 saturated heterocycles. The lowest BCUT2D eigenvalue weighted by Crippen LogP contribution is -2.45. The summed E-state index contributed by atoms with van der Waals surface area (Å²) in [6.45, 7) is 6.12. The Morgan fingerprint density at radius 2 is 1.83 bits per heavy atom. The van der Waals surface area contributed by atoms with E-state index in [0.29, 0.717) is 25.9 Å². The zero-order valence-electron chi connectivity index (χ0n) is 13.9. The van der Waals surface area contributed by atoms with E-state index >= 15 is 0 Å². The van der Waals surface area contributed by atoms with Crippen LogP contribution >= 0.6 is 0 Å². The van der Waals surface area contributed by atoms with Crippen LogP contribution in [0.4, 0.5) is 0 Å². The smallest absolute Gasteiger partial charge is 0.223 e. The van der Waals surface area contributed by atoms with E-state index < -0.39 is 5.60 Å². The summed E-state index contributed by atoms with van der Waals surface area (Å²) in [5, 5.41) is 10.8. The lowest BCUT2D eigenvalue weighted by Gasteiger charge is -2.32. The number of likely N-dealkylation sites (tertiary alicyclic amines) is 1. The molecule has 0 aromatic heterocycles. The van der Waals surface area contributed by atoms with Gasteiger partial charge in [-0.05, 0) is 19.0 Å². The van der Waals surface area contributed by atoms with Crippen molar-refractivity contribution in [3.8, 4) is 0 Å². The molecule has 2 heterocycles. The minimum atomic E-state index is -0.884. The summed E-state index contributed by atoms with van der Waals surface area (Å²) in [5.74, 6) is 0.163. The van der Waals surface area contributed by atoms with E-state index in [4.69, 9.17) is 0 Å². The molecule has 2 aliphatic rings. The van der Waals surface area contributed by atoms with Gasteiger partial charge in [-0.2, -0.15) is 0 Å². The van der Waals surface area contributed by atoms with Gasteiger partial charge in [-0.1, -0.05) is 30.3 Å². The van der Waals surface area contributed by atoms with Crippen LogP contribution in [0.3, 0.4) is 0 Å². The monoisotopic (exact) mass is 317 g/mol. The number of amides is 1. The minimum Gasteiger partial charge on any atom is -0.383 e. The Morgan fingerprint density at radius 3 is 2.52 bits per heavy atom. The molecule has 1 atom stereocenters. The molecule has 0 saturated carbocycles. The van der Waals surface area contributed by atoms with Crippen LogP contribution in [0.5, 0.6) is 0 Å². The Bertz CT molecular complexity index is 528. The highest BCUT2D eigenvalue weighted by Gasteiger charge is 2.39. The average molecular weight is 317 g/mol. The number of carbonyl (C=O) groups is 1. The number of hydrogen-bond donors (Lipinski definition) is 1. The minimum absolute atomic E-state index is 0.163. The van der Waals surface area contributed by atoms with Crippen molar-refractivity contribution in [2.45, 2.75) is 18.4 Å². The Morgan fingerprint density at radius 1 is 1.13 bits per heavy atom. The van der Waals surface area contributed by atoms with Crippen LogP contribution < -0.4 is 0 Å². The number of piperazine rings is 1. The molecule has 0 unspecified atom stereocenters. The topological polar surface area (TPSA) is 47.0 Å². The fourth-order valence-electron chi connectivity index (χ4n) is 3.47. The first-order valence-electron chi connectivity index (χ1n) is 8.53. The third-order valence-electron chi connectivity index (χ3n) is 5.15. The molecule has 126 valence electrons. The Labute approximate surface area is 138 Å². The van der Waals surface area contributed by atoms with Crippen molar-refractivity contribution in [2.75, 3.05) is 52.9 Å². The van der Waals surface area contributed by atoms with Crippen molar-refractivity contribution in [3.05, 3.63) is 35.9 Å². The van der Waals surface area contributed by atoms with Crippen molar-refractivity contribution in [3.63, 3.8) is 0 Å². The van der Waals surface area contributed by atoms with Crippen LogP contribution in [-0.4, -0.2) is 78.6 Å². The van der Waals surface area contributed by atoms with Gasteiger partial charge in [-0.15, -0.1) is 0 Å². The maximum absolute atomic E-state index is 12.4. The van der Waals surface area contributed by atoms with Crippen molar-refractivity contribution in [1.82, 2.24) is 14.7 Å². The van der Waals surface area contributed by atoms with Gasteiger partial charge in [0.2, 0.25) is 5.91 Å². The van der Waals surface area contributed by atoms with Crippen molar-refractivity contribution in [1.29, 1.82) is 0 Å². The van der Waals surface area contributed by atoms with E-state index in [-0.39, 0.29) is 5.91 Å². The standard InChI is InChI=1S/C18H27N3O2/c1-19-11-13-20(14-12-19)9-7-17(22)21-10-8-18(23,15-21)16-5-3-2-4-6-16/h2-6,23H,7-15H2,1H3/t18-/m0/s1. The Kier molecular flexibility index (Phi) is 4.99. The van der Waals surface area contributed by atoms with E-state index in [2.05, 4.69) is 16.8 Å². The van der Waals surface area contributed by atoms with Crippen molar-refractivity contribution < 1.29 is 9.90 Å². The zero-order valence-corrected chi connectivity index (χ0v) is 13.9. The van der Waals surface area contributed by atoms with Crippen LogP contribution in [0.1, 0.15) is 18.4 Å². The van der Waals surface area contributed by atoms with Gasteiger partial charge in [-0.25, -0.2) is 0 Å². The van der Waals surface area contributed by atoms with Gasteiger partial charge in [0.05, 0.1) is 6.54 Å². The molecule has 0 radical (unpaired) electrons. The molecule has 5 nitrogen and oxygen atoms in total. The third kappa shape index (κ3) is 3.91. The molecular formula is C18H27N3O2. The number of likely N-dealkylation sites (N-methyl/N-ethyl adjacent to an activating group) is 1. The van der Waals surface area contributed by atoms with Gasteiger partial charge in [0.1, 0.15) is 5.60 Å². The van der Waals surface area contributed by atoms with Gasteiger partial charge in [0.15, 0.2) is 0 Å². The predicted octanol–water partition coefficient (Wildman–Crippen LogP) is 0.744. The molecule has 3 rings (SSSR count). The fourth-order valence-corrected chi connectivity index (χ4v) is 3.47. The average Bonchev–Trinajstić information content (AvgIpc) is 2.99. The zero-order chi connectivity index (χ0) is 16.3. The highest BCUT2D eigenvalue weighted by Crippen LogP contribution is 2.31. The molecule has 1 aromatic carbocycles. The molecule has 2 aliphatic heterocycles. The number of hydrogen-bond acceptors (Lipinski definition) is 4. The number of rotatable bonds is 4. The first-order chi connectivity index (χ1) is 11.1. The van der Waals surface area contributed by atoms with Crippen LogP contribution in [0.2, 0.25) is 0 Å². The molecule has 1 aromatic rings. The molecule has 1 N–H and O–H groups in total. The maximum Gasteiger partial charge on any atom is 0.223 e. The Hall–Kier alpha value is -1.43. The molecule has 1 amide bonds. The summed E-state index contributed by atoms with van der Waals surface area (Å²) in [7, 11) is 2.14. The number of aliphatic hydroxyl groups is 1. The molecule has 2 fully saturated rings. The van der Waals surface area contributed by atoms with Gasteiger partial charge >= 0.3 is 0 Å². The van der Waals surface area contributed by atoms with Gasteiger partial charge in [0, 0.05) is 45.7 Å². The summed E-state index contributed by atoms with van der Waals surface area (Å²) in [5.41, 5.74) is 0.0273. The molecule has 23 heavy (non-hydrogen) atoms. The van der Waals surface area contributed by atoms with Gasteiger partial charge in [0.25, 0.3) is 0 Å². The van der Waals surface area contributed by atoms with E-state index in [1.807, 2.05) is 35.2 Å². The second kappa shape index (κ2) is 6.99. The molecule has 0 spiro atoms. The van der Waals surface area contributed by atoms with E-state index in [1.165, 1.54) is 0 Å². The van der Waals surface area contributed by atoms with E-state index in [9.17, 15) is 9.90 Å². The highest BCUT2D eigenvalue weighted by molar-refractivity contribution is 5.76. The lowest BCUT2D eigenvalue weighted by atomic mass is 9.93.